The van der Waals surface area contributed by atoms with Crippen LogP contribution in [0.3, 0.4) is 0 Å². The first-order chi connectivity index (χ1) is 5.22. The number of nitrogens with zero attached hydrogens (tertiary/aromatic N) is 1. The minimum absolute atomic E-state index is 0.0156. The molecule has 2 aliphatic carbocycles. The molecule has 2 nitrogen and oxygen atoms in total. The Kier molecular flexibility index (Phi) is 1.28. The fourth-order valence-corrected chi connectivity index (χ4v) is 2.61. The van der Waals surface area contributed by atoms with Crippen molar-refractivity contribution in [2.75, 3.05) is 0 Å². The molecule has 0 aromatic carbocycles. The van der Waals surface area contributed by atoms with Crippen molar-refractivity contribution in [1.29, 1.82) is 5.26 Å². The molecule has 0 aliphatic heterocycles. The van der Waals surface area contributed by atoms with E-state index in [-0.39, 0.29) is 5.41 Å². The van der Waals surface area contributed by atoms with E-state index in [1.165, 1.54) is 12.8 Å². The molecule has 0 aromatic heterocycles. The first-order valence-corrected chi connectivity index (χ1v) is 4.36. The molecule has 2 rings (SSSR count). The highest BCUT2D eigenvalue weighted by atomic mass is 16.3. The van der Waals surface area contributed by atoms with Crippen molar-refractivity contribution < 1.29 is 5.11 Å². The van der Waals surface area contributed by atoms with Crippen molar-refractivity contribution in [3.05, 3.63) is 0 Å². The SMILES string of the molecule is N#CC1(O)CCC12CCCC2. The largest absolute Gasteiger partial charge is 0.375 e. The Morgan fingerprint density at radius 1 is 1.09 bits per heavy atom. The zero-order chi connectivity index (χ0) is 7.95. The van der Waals surface area contributed by atoms with Crippen LogP contribution in [-0.2, 0) is 0 Å². The van der Waals surface area contributed by atoms with Crippen molar-refractivity contribution in [2.45, 2.75) is 44.1 Å². The molecular weight excluding hydrogens is 138 g/mol. The third-order valence-corrected chi connectivity index (χ3v) is 3.59. The summed E-state index contributed by atoms with van der Waals surface area (Å²) in [6, 6.07) is 2.07. The lowest BCUT2D eigenvalue weighted by molar-refractivity contribution is -0.120. The summed E-state index contributed by atoms with van der Waals surface area (Å²) in [7, 11) is 0. The molecule has 0 radical (unpaired) electrons. The standard InChI is InChI=1S/C9H13NO/c10-7-9(11)6-5-8(9)3-1-2-4-8/h11H,1-6H2. The van der Waals surface area contributed by atoms with Crippen LogP contribution >= 0.6 is 0 Å². The number of hydrogen-bond donors (Lipinski definition) is 1. The van der Waals surface area contributed by atoms with Crippen LogP contribution in [0.1, 0.15) is 38.5 Å². The minimum atomic E-state index is -0.955. The summed E-state index contributed by atoms with van der Waals surface area (Å²) in [5.74, 6) is 0. The molecule has 0 saturated heterocycles. The average Bonchev–Trinajstić information content (AvgIpc) is 2.51. The van der Waals surface area contributed by atoms with Crippen molar-refractivity contribution in [2.24, 2.45) is 5.41 Å². The van der Waals surface area contributed by atoms with Gasteiger partial charge in [0.15, 0.2) is 5.60 Å². The molecule has 2 fully saturated rings. The van der Waals surface area contributed by atoms with Crippen LogP contribution in [0, 0.1) is 16.7 Å². The van der Waals surface area contributed by atoms with Gasteiger partial charge in [0.2, 0.25) is 0 Å². The van der Waals surface area contributed by atoms with Crippen LogP contribution in [-0.4, -0.2) is 10.7 Å². The summed E-state index contributed by atoms with van der Waals surface area (Å²) in [5, 5.41) is 18.6. The van der Waals surface area contributed by atoms with E-state index in [1.807, 2.05) is 0 Å². The molecule has 2 aliphatic rings. The highest BCUT2D eigenvalue weighted by Gasteiger charge is 2.59. The average molecular weight is 151 g/mol. The van der Waals surface area contributed by atoms with Gasteiger partial charge >= 0.3 is 0 Å². The number of rotatable bonds is 0. The van der Waals surface area contributed by atoms with Gasteiger partial charge in [-0.15, -0.1) is 0 Å². The summed E-state index contributed by atoms with van der Waals surface area (Å²) in [5.41, 5.74) is -0.939. The van der Waals surface area contributed by atoms with Gasteiger partial charge in [0, 0.05) is 5.41 Å². The maximum Gasteiger partial charge on any atom is 0.156 e. The fraction of sp³-hybridized carbons (Fsp3) is 0.889. The van der Waals surface area contributed by atoms with Gasteiger partial charge in [-0.05, 0) is 25.7 Å². The Balaban J connectivity index is 2.22. The second-order valence-corrected chi connectivity index (χ2v) is 3.96. The Hall–Kier alpha value is -0.550. The van der Waals surface area contributed by atoms with Gasteiger partial charge in [-0.2, -0.15) is 5.26 Å². The first-order valence-electron chi connectivity index (χ1n) is 4.36. The summed E-state index contributed by atoms with van der Waals surface area (Å²) < 4.78 is 0. The Morgan fingerprint density at radius 2 is 1.73 bits per heavy atom. The van der Waals surface area contributed by atoms with Gasteiger partial charge in [-0.1, -0.05) is 12.8 Å². The van der Waals surface area contributed by atoms with Crippen LogP contribution in [0.15, 0.2) is 0 Å². The van der Waals surface area contributed by atoms with Gasteiger partial charge in [0.05, 0.1) is 6.07 Å². The van der Waals surface area contributed by atoms with E-state index in [1.54, 1.807) is 0 Å². The zero-order valence-corrected chi connectivity index (χ0v) is 6.64. The monoisotopic (exact) mass is 151 g/mol. The van der Waals surface area contributed by atoms with Gasteiger partial charge < -0.3 is 5.11 Å². The van der Waals surface area contributed by atoms with Crippen molar-refractivity contribution in [3.63, 3.8) is 0 Å². The molecule has 11 heavy (non-hydrogen) atoms. The maximum absolute atomic E-state index is 9.81. The molecule has 0 aromatic rings. The lowest BCUT2D eigenvalue weighted by atomic mass is 9.56. The van der Waals surface area contributed by atoms with E-state index in [4.69, 9.17) is 5.26 Å². The molecule has 1 unspecified atom stereocenters. The molecule has 2 saturated carbocycles. The van der Waals surface area contributed by atoms with Crippen LogP contribution in [0.25, 0.3) is 0 Å². The molecule has 2 heteroatoms. The Morgan fingerprint density at radius 3 is 2.09 bits per heavy atom. The number of hydrogen-bond acceptors (Lipinski definition) is 2. The summed E-state index contributed by atoms with van der Waals surface area (Å²) in [6.45, 7) is 0. The molecule has 60 valence electrons. The van der Waals surface area contributed by atoms with E-state index in [0.717, 1.165) is 19.3 Å². The fourth-order valence-electron chi connectivity index (χ4n) is 2.61. The molecule has 1 N–H and O–H groups in total. The molecule has 0 amide bonds. The maximum atomic E-state index is 9.81. The predicted molar refractivity (Wildman–Crippen MR) is 40.7 cm³/mol. The van der Waals surface area contributed by atoms with Crippen LogP contribution < -0.4 is 0 Å². The second kappa shape index (κ2) is 1.98. The Bertz CT molecular complexity index is 212. The van der Waals surface area contributed by atoms with Crippen molar-refractivity contribution in [1.82, 2.24) is 0 Å². The number of aliphatic hydroxyl groups is 1. The lowest BCUT2D eigenvalue weighted by Crippen LogP contribution is -2.54. The van der Waals surface area contributed by atoms with Crippen LogP contribution in [0.4, 0.5) is 0 Å². The van der Waals surface area contributed by atoms with Crippen molar-refractivity contribution >= 4 is 0 Å². The van der Waals surface area contributed by atoms with Crippen LogP contribution in [0.5, 0.6) is 0 Å². The second-order valence-electron chi connectivity index (χ2n) is 3.96. The smallest absolute Gasteiger partial charge is 0.156 e. The van der Waals surface area contributed by atoms with Crippen molar-refractivity contribution in [3.8, 4) is 6.07 Å². The predicted octanol–water partition coefficient (Wildman–Crippen LogP) is 1.60. The molecular formula is C9H13NO. The summed E-state index contributed by atoms with van der Waals surface area (Å²) >= 11 is 0. The first kappa shape index (κ1) is 7.12. The Labute approximate surface area is 66.8 Å². The summed E-state index contributed by atoms with van der Waals surface area (Å²) in [6.07, 6.45) is 6.29. The van der Waals surface area contributed by atoms with E-state index in [9.17, 15) is 5.11 Å². The molecule has 0 bridgehead atoms. The van der Waals surface area contributed by atoms with Gasteiger partial charge in [0.25, 0.3) is 0 Å². The molecule has 1 atom stereocenters. The quantitative estimate of drug-likeness (QED) is 0.534. The van der Waals surface area contributed by atoms with E-state index in [0.29, 0.717) is 6.42 Å². The molecule has 1 spiro atoms. The number of nitriles is 1. The third kappa shape index (κ3) is 0.696. The highest BCUT2D eigenvalue weighted by Crippen LogP contribution is 2.59. The van der Waals surface area contributed by atoms with Crippen LogP contribution in [0.2, 0.25) is 0 Å². The minimum Gasteiger partial charge on any atom is -0.375 e. The van der Waals surface area contributed by atoms with Gasteiger partial charge in [-0.3, -0.25) is 0 Å². The topological polar surface area (TPSA) is 44.0 Å². The lowest BCUT2D eigenvalue weighted by Gasteiger charge is -2.50. The van der Waals surface area contributed by atoms with Gasteiger partial charge in [0.1, 0.15) is 0 Å². The van der Waals surface area contributed by atoms with E-state index >= 15 is 0 Å². The summed E-state index contributed by atoms with van der Waals surface area (Å²) in [4.78, 5) is 0. The normalized spacial score (nSPS) is 40.0. The van der Waals surface area contributed by atoms with E-state index in [2.05, 4.69) is 6.07 Å². The third-order valence-electron chi connectivity index (χ3n) is 3.59. The molecule has 0 heterocycles. The highest BCUT2D eigenvalue weighted by molar-refractivity contribution is 5.20. The van der Waals surface area contributed by atoms with E-state index < -0.39 is 5.60 Å². The zero-order valence-electron chi connectivity index (χ0n) is 6.64. The van der Waals surface area contributed by atoms with Gasteiger partial charge in [-0.25, -0.2) is 0 Å².